The van der Waals surface area contributed by atoms with E-state index in [1.165, 1.54) is 46.8 Å². The second-order valence-corrected chi connectivity index (χ2v) is 31.7. The van der Waals surface area contributed by atoms with Gasteiger partial charge in [-0.1, -0.05) is 150 Å². The summed E-state index contributed by atoms with van der Waals surface area (Å²) in [5, 5.41) is 49.4. The normalized spacial score (nSPS) is 28.5. The largest absolute Gasteiger partial charge is 0.481 e. The maximum absolute atomic E-state index is 15.5. The minimum Gasteiger partial charge on any atom is -0.481 e. The van der Waals surface area contributed by atoms with E-state index < -0.39 is 228 Å². The molecule has 0 aliphatic carbocycles. The van der Waals surface area contributed by atoms with E-state index in [2.05, 4.69) is 65.1 Å². The third-order valence-electron chi connectivity index (χ3n) is 20.8. The summed E-state index contributed by atoms with van der Waals surface area (Å²) in [5.41, 5.74) is 0.396. The summed E-state index contributed by atoms with van der Waals surface area (Å²) in [6, 6.07) is -5.62. The average Bonchev–Trinajstić information content (AvgIpc) is 0.865. The molecule has 13 N–H and O–H groups in total. The second kappa shape index (κ2) is 43.4. The zero-order valence-electron chi connectivity index (χ0n) is 65.5. The molecule has 4 saturated heterocycles. The Kier molecular flexibility index (Phi) is 35.3. The van der Waals surface area contributed by atoms with Crippen molar-refractivity contribution in [2.45, 2.75) is 237 Å². The summed E-state index contributed by atoms with van der Waals surface area (Å²) in [4.78, 5) is 238. The fourth-order valence-corrected chi connectivity index (χ4v) is 15.6. The Morgan fingerprint density at radius 3 is 1.79 bits per heavy atom. The first-order valence-electron chi connectivity index (χ1n) is 37.9. The first kappa shape index (κ1) is 91.2. The molecule has 4 bridgehead atoms. The minimum atomic E-state index is -2.05. The summed E-state index contributed by atoms with van der Waals surface area (Å²) in [7, 11) is 4.18. The molecule has 14 amide bonds. The van der Waals surface area contributed by atoms with Gasteiger partial charge in [0.15, 0.2) is 6.04 Å². The van der Waals surface area contributed by atoms with Crippen molar-refractivity contribution in [3.63, 3.8) is 0 Å². The van der Waals surface area contributed by atoms with E-state index in [-0.39, 0.29) is 69.1 Å². The second-order valence-electron chi connectivity index (χ2n) is 29.1. The number of ether oxygens (including phenoxy) is 2. The Labute approximate surface area is 660 Å². The van der Waals surface area contributed by atoms with Crippen LogP contribution in [0.3, 0.4) is 0 Å². The van der Waals surface area contributed by atoms with Crippen LogP contribution in [-0.4, -0.2) is 255 Å². The number of carboxylic acids is 1. The maximum atomic E-state index is 15.5. The number of carboxylic acid groups (broad SMARTS) is 1. The first-order chi connectivity index (χ1) is 53.1. The van der Waals surface area contributed by atoms with Crippen molar-refractivity contribution in [2.75, 3.05) is 38.8 Å². The monoisotopic (exact) mass is 1600 g/mol. The zero-order valence-corrected chi connectivity index (χ0v) is 67.1. The first-order valence-corrected chi connectivity index (χ1v) is 40.4. The van der Waals surface area contributed by atoms with Gasteiger partial charge in [0.1, 0.15) is 78.6 Å². The van der Waals surface area contributed by atoms with Crippen LogP contribution in [0.4, 0.5) is 0 Å². The topological polar surface area (TPSA) is 474 Å². The van der Waals surface area contributed by atoms with E-state index in [1.54, 1.807) is 88.4 Å². The molecule has 0 spiro atoms. The van der Waals surface area contributed by atoms with Gasteiger partial charge in [0.05, 0.1) is 30.9 Å². The van der Waals surface area contributed by atoms with Crippen molar-refractivity contribution >= 4 is 116 Å². The molecule has 4 heterocycles. The molecule has 6 rings (SSSR count). The Morgan fingerprint density at radius 2 is 1.19 bits per heavy atom. The fourth-order valence-electron chi connectivity index (χ4n) is 13.3. The van der Waals surface area contributed by atoms with Gasteiger partial charge in [0.25, 0.3) is 5.91 Å². The van der Waals surface area contributed by atoms with Crippen LogP contribution in [0.1, 0.15) is 138 Å². The van der Waals surface area contributed by atoms with Gasteiger partial charge >= 0.3 is 11.9 Å². The van der Waals surface area contributed by atoms with E-state index in [9.17, 15) is 53.4 Å². The highest BCUT2D eigenvalue weighted by molar-refractivity contribution is 8.76. The van der Waals surface area contributed by atoms with Crippen molar-refractivity contribution in [3.8, 4) is 0 Å². The van der Waals surface area contributed by atoms with Crippen LogP contribution in [0.25, 0.3) is 0 Å². The van der Waals surface area contributed by atoms with Gasteiger partial charge in [0.2, 0.25) is 76.8 Å². The third kappa shape index (κ3) is 25.2. The summed E-state index contributed by atoms with van der Waals surface area (Å²) >= 11 is 0. The maximum Gasteiger partial charge on any atom is 0.331 e. The molecule has 36 heteroatoms. The van der Waals surface area contributed by atoms with Crippen molar-refractivity contribution in [1.82, 2.24) is 73.2 Å². The van der Waals surface area contributed by atoms with Crippen molar-refractivity contribution in [3.05, 3.63) is 84.1 Å². The van der Waals surface area contributed by atoms with Crippen LogP contribution in [0, 0.1) is 17.8 Å². The molecule has 0 aromatic heterocycles. The SMILES string of the molecule is C=C1NC(=O)[C@H]([C@@H](C)CC)NC(=O)[C@@H]2CSSC[C@H](NC(=O)CCC(=O)O)C(=O)N[C@H](Cc3ccccc3)C(=O)N[C@H](C)C(=O)NC(C[C@@H](C)CC)C(=O)N[C@@H](C(=O)N[C@H](Cc3ccccc3)C(=O)N3CCC[C@H]3C(=O)N2)[C@@H](C)OC(=O)[C@H](CO)NC(=O)[C@H]([C@@H](C)OC)N(C)C(=O)C2NC(=O)[C@H](C[C@H](C)CC)N(C1=O)C2C. The number of likely N-dealkylation sites (N-methyl/N-ethyl adjacent to an activating group) is 1. The number of fused-ring (bicyclic) bond motifs is 8. The van der Waals surface area contributed by atoms with Gasteiger partial charge in [-0.05, 0) is 82.3 Å². The number of carbonyl (C=O) groups excluding carboxylic acids is 15. The lowest BCUT2D eigenvalue weighted by molar-refractivity contribution is -0.159. The molecule has 4 aliphatic rings. The lowest BCUT2D eigenvalue weighted by atomic mass is 9.91. The van der Waals surface area contributed by atoms with Crippen LogP contribution in [0.5, 0.6) is 0 Å². The number of aliphatic hydroxyl groups is 1. The smallest absolute Gasteiger partial charge is 0.331 e. The van der Waals surface area contributed by atoms with Gasteiger partial charge in [-0.3, -0.25) is 71.9 Å². The number of aliphatic hydroxyl groups excluding tert-OH is 1. The molecular weight excluding hydrogens is 1490 g/mol. The van der Waals surface area contributed by atoms with Crippen LogP contribution < -0.4 is 58.5 Å². The molecule has 0 saturated carbocycles. The number of cyclic esters (lactones) is 1. The molecule has 2 aromatic rings. The van der Waals surface area contributed by atoms with E-state index in [0.29, 0.717) is 24.0 Å². The predicted molar refractivity (Wildman–Crippen MR) is 412 cm³/mol. The molecule has 4 aliphatic heterocycles. The van der Waals surface area contributed by atoms with Gasteiger partial charge in [-0.2, -0.15) is 0 Å². The number of benzene rings is 2. The minimum absolute atomic E-state index is 0.0164. The zero-order chi connectivity index (χ0) is 83.0. The molecule has 3 unspecified atom stereocenters. The molecule has 2 aromatic carbocycles. The number of nitrogens with one attached hydrogen (secondary N) is 11. The van der Waals surface area contributed by atoms with Gasteiger partial charge in [0, 0.05) is 51.5 Å². The van der Waals surface area contributed by atoms with Crippen LogP contribution in [0.2, 0.25) is 0 Å². The number of nitrogens with zero attached hydrogens (tertiary/aromatic N) is 3. The number of esters is 1. The highest BCUT2D eigenvalue weighted by Crippen LogP contribution is 2.29. The van der Waals surface area contributed by atoms with Gasteiger partial charge in [-0.15, -0.1) is 0 Å². The summed E-state index contributed by atoms with van der Waals surface area (Å²) < 4.78 is 11.5. The Hall–Kier alpha value is -9.68. The number of aliphatic carboxylic acids is 1. The van der Waals surface area contributed by atoms with Crippen molar-refractivity contribution in [2.24, 2.45) is 17.8 Å². The van der Waals surface area contributed by atoms with E-state index in [4.69, 9.17) is 9.47 Å². The molecule has 34 nitrogen and oxygen atoms in total. The number of hydrogen-bond acceptors (Lipinski definition) is 21. The van der Waals surface area contributed by atoms with Crippen LogP contribution >= 0.6 is 21.6 Å². The van der Waals surface area contributed by atoms with Gasteiger partial charge < -0.3 is 92.9 Å². The number of hydrogen-bond donors (Lipinski definition) is 13. The van der Waals surface area contributed by atoms with E-state index >= 15 is 33.6 Å². The van der Waals surface area contributed by atoms with E-state index in [1.807, 2.05) is 13.8 Å². The molecule has 112 heavy (non-hydrogen) atoms. The number of piperazine rings is 1. The Morgan fingerprint density at radius 1 is 0.616 bits per heavy atom. The van der Waals surface area contributed by atoms with Crippen LogP contribution in [-0.2, 0) is 99.0 Å². The van der Waals surface area contributed by atoms with Crippen molar-refractivity contribution < 1.29 is 96.4 Å². The van der Waals surface area contributed by atoms with Crippen molar-refractivity contribution in [1.29, 1.82) is 0 Å². The molecule has 616 valence electrons. The molecule has 4 fully saturated rings. The number of amides is 14. The standard InChI is InChI=1S/C76H110N14O20S2/c1-14-39(4)32-49-65(97)87-61-45(10)110-76(108)52(36-91)83-72(104)62(46(11)109-13)88(12)75(107)60-44(9)90(56(69(101)86-60)33-40(5)15-2)73(105)43(8)78-70(102)59(41(6)16-3)85-67(99)54(84-68(100)55-28-23-31-89(55)74(106)51(82-71(61)103)35-48-26-21-18-22-27-48)38-112-111-37-53(79-57(92)29-30-58(93)94)66(98)81-50(34-47-24-19-17-20-25-47)64(96)77-42(7)63(95)80-49/h17-22,24-27,39-42,44-46,49-56,59-62,91H,8,14-16,23,28-38H2,1-7,9-13H3,(H,77,96)(H,78,102)(H,79,92)(H,80,95)(H,81,98)(H,82,103)(H,83,104)(H,84,100)(H,85,99)(H,86,101)(H,87,97)(H,93,94)/t39-,40+,41-,42+,44?,45+,46+,49?,50+,51+,52-,53-,54-,55-,56-,59-,60?,61+,62-/m0/s1. The summed E-state index contributed by atoms with van der Waals surface area (Å²) in [5.74, 6) is -18.5. The number of methoxy groups -OCH3 is 1. The highest BCUT2D eigenvalue weighted by Gasteiger charge is 2.50. The fraction of sp³-hybridized carbons (Fsp3) is 0.605. The number of carbonyl (C=O) groups is 16. The van der Waals surface area contributed by atoms with E-state index in [0.717, 1.165) is 31.4 Å². The Balaban J connectivity index is 1.60. The van der Waals surface area contributed by atoms with Crippen LogP contribution in [0.15, 0.2) is 72.9 Å². The third-order valence-corrected chi connectivity index (χ3v) is 23.2. The lowest BCUT2D eigenvalue weighted by Gasteiger charge is -2.46. The molecular formula is C76H110N14O20S2. The quantitative estimate of drug-likeness (QED) is 0.0481. The predicted octanol–water partition coefficient (Wildman–Crippen LogP) is -0.462. The summed E-state index contributed by atoms with van der Waals surface area (Å²) in [6.07, 6.45) is -3.51. The number of rotatable bonds is 19. The lowest BCUT2D eigenvalue weighted by Crippen LogP contribution is -2.71. The molecule has 19 atom stereocenters. The van der Waals surface area contributed by atoms with Gasteiger partial charge in [-0.25, -0.2) is 4.79 Å². The molecule has 0 radical (unpaired) electrons. The summed E-state index contributed by atoms with van der Waals surface area (Å²) in [6.45, 7) is 18.5. The Bertz CT molecular complexity index is 3730. The average molecular weight is 1600 g/mol. The highest BCUT2D eigenvalue weighted by atomic mass is 33.1.